The highest BCUT2D eigenvalue weighted by atomic mass is 35.5. The Morgan fingerprint density at radius 2 is 1.80 bits per heavy atom. The third-order valence-corrected chi connectivity index (χ3v) is 7.02. The molecule has 10 heteroatoms. The second-order valence-electron chi connectivity index (χ2n) is 7.59. The Morgan fingerprint density at radius 1 is 1.14 bits per heavy atom. The first kappa shape index (κ1) is 25.0. The largest absolute Gasteiger partial charge is 0.497 e. The Bertz CT molecular complexity index is 1480. The smallest absolute Gasteiger partial charge is 0.338 e. The minimum absolute atomic E-state index is 0.203. The van der Waals surface area contributed by atoms with Crippen LogP contribution in [0, 0.1) is 0 Å². The fraction of sp³-hybridized carbons (Fsp3) is 0.240. The summed E-state index contributed by atoms with van der Waals surface area (Å²) in [5.41, 5.74) is 1.87. The van der Waals surface area contributed by atoms with Gasteiger partial charge in [-0.3, -0.25) is 9.36 Å². The van der Waals surface area contributed by atoms with Crippen LogP contribution in [0.25, 0.3) is 6.08 Å². The molecular formula is C25H22Cl2N2O5S. The average molecular weight is 533 g/mol. The number of carbonyl (C=O) groups is 1. The van der Waals surface area contributed by atoms with E-state index in [0.717, 1.165) is 5.56 Å². The summed E-state index contributed by atoms with van der Waals surface area (Å²) in [6, 6.07) is 9.83. The number of hydrogen-bond donors (Lipinski definition) is 0. The number of ether oxygens (including phenoxy) is 3. The molecule has 182 valence electrons. The molecule has 0 fully saturated rings. The van der Waals surface area contributed by atoms with Crippen LogP contribution < -0.4 is 24.4 Å². The molecule has 1 aliphatic rings. The quantitative estimate of drug-likeness (QED) is 0.446. The molecule has 2 heterocycles. The lowest BCUT2D eigenvalue weighted by Crippen LogP contribution is -2.39. The lowest BCUT2D eigenvalue weighted by Gasteiger charge is -2.24. The third-order valence-electron chi connectivity index (χ3n) is 5.47. The number of aromatic nitrogens is 1. The van der Waals surface area contributed by atoms with Gasteiger partial charge in [0.2, 0.25) is 0 Å². The number of methoxy groups -OCH3 is 2. The van der Waals surface area contributed by atoms with Crippen LogP contribution >= 0.6 is 34.5 Å². The Balaban J connectivity index is 1.93. The van der Waals surface area contributed by atoms with Crippen molar-refractivity contribution in [2.24, 2.45) is 4.99 Å². The number of fused-ring (bicyclic) bond motifs is 1. The number of carbonyl (C=O) groups excluding carboxylic acids is 1. The Labute approximate surface area is 215 Å². The zero-order valence-corrected chi connectivity index (χ0v) is 21.8. The highest BCUT2D eigenvalue weighted by molar-refractivity contribution is 7.07. The van der Waals surface area contributed by atoms with Crippen molar-refractivity contribution in [1.29, 1.82) is 0 Å². The second-order valence-corrected chi connectivity index (χ2v) is 9.42. The van der Waals surface area contributed by atoms with Crippen molar-refractivity contribution in [3.8, 4) is 11.5 Å². The molecule has 35 heavy (non-hydrogen) atoms. The lowest BCUT2D eigenvalue weighted by molar-refractivity contribution is -0.139. The second kappa shape index (κ2) is 10.3. The number of hydrogen-bond acceptors (Lipinski definition) is 7. The summed E-state index contributed by atoms with van der Waals surface area (Å²) in [5.74, 6) is 0.506. The SMILES string of the molecule is CCOC(=O)C1=C(C)N=c2s/c(=C\c3cc(Cl)c(OC)c(Cl)c3)c(=O)n2[C@H]1c1ccc(OC)cc1. The van der Waals surface area contributed by atoms with Crippen LogP contribution in [-0.2, 0) is 9.53 Å². The summed E-state index contributed by atoms with van der Waals surface area (Å²) < 4.78 is 17.7. The molecule has 0 spiro atoms. The first-order chi connectivity index (χ1) is 16.8. The first-order valence-electron chi connectivity index (χ1n) is 10.7. The highest BCUT2D eigenvalue weighted by Crippen LogP contribution is 2.34. The van der Waals surface area contributed by atoms with Gasteiger partial charge >= 0.3 is 5.97 Å². The molecule has 0 saturated heterocycles. The number of halogens is 2. The van der Waals surface area contributed by atoms with Crippen molar-refractivity contribution in [2.45, 2.75) is 19.9 Å². The summed E-state index contributed by atoms with van der Waals surface area (Å²) in [7, 11) is 3.05. The predicted molar refractivity (Wildman–Crippen MR) is 136 cm³/mol. The van der Waals surface area contributed by atoms with E-state index in [4.69, 9.17) is 37.4 Å². The monoisotopic (exact) mass is 532 g/mol. The molecule has 0 saturated carbocycles. The van der Waals surface area contributed by atoms with E-state index in [2.05, 4.69) is 4.99 Å². The van der Waals surface area contributed by atoms with Gasteiger partial charge in [0.1, 0.15) is 5.75 Å². The molecule has 0 bridgehead atoms. The number of esters is 1. The van der Waals surface area contributed by atoms with E-state index in [1.807, 2.05) is 12.1 Å². The van der Waals surface area contributed by atoms with Crippen molar-refractivity contribution in [3.05, 3.63) is 88.5 Å². The Morgan fingerprint density at radius 3 is 2.37 bits per heavy atom. The van der Waals surface area contributed by atoms with E-state index in [-0.39, 0.29) is 12.2 Å². The zero-order valence-electron chi connectivity index (χ0n) is 19.4. The van der Waals surface area contributed by atoms with Crippen LogP contribution in [-0.4, -0.2) is 31.4 Å². The molecule has 0 aliphatic carbocycles. The van der Waals surface area contributed by atoms with Crippen LogP contribution in [0.5, 0.6) is 11.5 Å². The molecule has 4 rings (SSSR count). The van der Waals surface area contributed by atoms with Crippen LogP contribution in [0.3, 0.4) is 0 Å². The van der Waals surface area contributed by atoms with Gasteiger partial charge in [-0.05, 0) is 55.3 Å². The van der Waals surface area contributed by atoms with Gasteiger partial charge < -0.3 is 14.2 Å². The maximum absolute atomic E-state index is 13.6. The number of rotatable bonds is 6. The lowest BCUT2D eigenvalue weighted by atomic mass is 9.96. The van der Waals surface area contributed by atoms with Gasteiger partial charge in [-0.25, -0.2) is 9.79 Å². The van der Waals surface area contributed by atoms with Gasteiger partial charge in [-0.15, -0.1) is 0 Å². The molecule has 1 aromatic heterocycles. The van der Waals surface area contributed by atoms with Crippen molar-refractivity contribution >= 4 is 46.6 Å². The molecule has 7 nitrogen and oxygen atoms in total. The molecule has 0 unspecified atom stereocenters. The van der Waals surface area contributed by atoms with Gasteiger partial charge in [0.05, 0.1) is 52.7 Å². The van der Waals surface area contributed by atoms with E-state index >= 15 is 0 Å². The number of benzene rings is 2. The van der Waals surface area contributed by atoms with Crippen LogP contribution in [0.4, 0.5) is 0 Å². The molecule has 3 aromatic rings. The Kier molecular flexibility index (Phi) is 7.35. The van der Waals surface area contributed by atoms with E-state index in [9.17, 15) is 9.59 Å². The topological polar surface area (TPSA) is 79.1 Å². The van der Waals surface area contributed by atoms with E-state index in [1.54, 1.807) is 51.3 Å². The summed E-state index contributed by atoms with van der Waals surface area (Å²) in [6.07, 6.45) is 1.69. The molecule has 0 radical (unpaired) electrons. The van der Waals surface area contributed by atoms with Gasteiger partial charge in [0, 0.05) is 0 Å². The normalized spacial score (nSPS) is 15.5. The molecule has 1 aliphatic heterocycles. The van der Waals surface area contributed by atoms with Gasteiger partial charge in [0.25, 0.3) is 5.56 Å². The van der Waals surface area contributed by atoms with Gasteiger partial charge in [0.15, 0.2) is 10.6 Å². The summed E-state index contributed by atoms with van der Waals surface area (Å²) in [6.45, 7) is 3.67. The molecular weight excluding hydrogens is 511 g/mol. The van der Waals surface area contributed by atoms with E-state index in [1.165, 1.54) is 23.0 Å². The molecule has 1 atom stereocenters. The zero-order chi connectivity index (χ0) is 25.3. The van der Waals surface area contributed by atoms with E-state index < -0.39 is 12.0 Å². The Hall–Kier alpha value is -3.07. The summed E-state index contributed by atoms with van der Waals surface area (Å²) >= 11 is 13.8. The van der Waals surface area contributed by atoms with Crippen molar-refractivity contribution in [3.63, 3.8) is 0 Å². The number of thiazole rings is 1. The standard InChI is InChI=1S/C25H22Cl2N2O5S/c1-5-34-24(31)20-13(2)28-25-29(21(20)15-6-8-16(32-3)9-7-15)23(30)19(35-25)12-14-10-17(26)22(33-4)18(27)11-14/h6-12,21H,5H2,1-4H3/b19-12-/t21-/m0/s1. The number of allylic oxidation sites excluding steroid dienone is 1. The van der Waals surface area contributed by atoms with Crippen LogP contribution in [0.1, 0.15) is 31.0 Å². The maximum Gasteiger partial charge on any atom is 0.338 e. The molecule has 2 aromatic carbocycles. The minimum Gasteiger partial charge on any atom is -0.497 e. The first-order valence-corrected chi connectivity index (χ1v) is 12.2. The predicted octanol–water partition coefficient (Wildman–Crippen LogP) is 4.12. The van der Waals surface area contributed by atoms with Crippen LogP contribution in [0.15, 0.2) is 57.5 Å². The van der Waals surface area contributed by atoms with E-state index in [0.29, 0.717) is 47.7 Å². The van der Waals surface area contributed by atoms with Crippen molar-refractivity contribution in [1.82, 2.24) is 4.57 Å². The van der Waals surface area contributed by atoms with Gasteiger partial charge in [-0.2, -0.15) is 0 Å². The van der Waals surface area contributed by atoms with Crippen LogP contribution in [0.2, 0.25) is 10.0 Å². The average Bonchev–Trinajstić information content (AvgIpc) is 3.12. The number of nitrogens with zero attached hydrogens (tertiary/aromatic N) is 2. The van der Waals surface area contributed by atoms with Crippen molar-refractivity contribution < 1.29 is 19.0 Å². The minimum atomic E-state index is -0.707. The summed E-state index contributed by atoms with van der Waals surface area (Å²) in [5, 5.41) is 0.658. The summed E-state index contributed by atoms with van der Waals surface area (Å²) in [4.78, 5) is 31.6. The third kappa shape index (κ3) is 4.74. The van der Waals surface area contributed by atoms with Crippen molar-refractivity contribution in [2.75, 3.05) is 20.8 Å². The molecule has 0 N–H and O–H groups in total. The maximum atomic E-state index is 13.6. The fourth-order valence-electron chi connectivity index (χ4n) is 3.90. The van der Waals surface area contributed by atoms with Gasteiger partial charge in [-0.1, -0.05) is 46.7 Å². The highest BCUT2D eigenvalue weighted by Gasteiger charge is 2.33. The fourth-order valence-corrected chi connectivity index (χ4v) is 5.61. The molecule has 0 amide bonds.